The molecule has 6 nitrogen and oxygen atoms in total. The summed E-state index contributed by atoms with van der Waals surface area (Å²) in [4.78, 5) is 11.5. The van der Waals surface area contributed by atoms with E-state index in [2.05, 4.69) is 22.4 Å². The summed E-state index contributed by atoms with van der Waals surface area (Å²) in [6.07, 6.45) is 2.36. The predicted molar refractivity (Wildman–Crippen MR) is 83.4 cm³/mol. The number of hydrogen-bond donors (Lipinski definition) is 2. The SMILES string of the molecule is C=C1N[C@@H](Cc2ccc(N/N=C3\CCCOC3=O)cc2)CO1. The molecule has 0 aliphatic carbocycles. The van der Waals surface area contributed by atoms with Gasteiger partial charge in [0, 0.05) is 6.42 Å². The van der Waals surface area contributed by atoms with Crippen LogP contribution in [-0.4, -0.2) is 30.9 Å². The molecule has 2 saturated heterocycles. The number of ether oxygens (including phenoxy) is 2. The van der Waals surface area contributed by atoms with Crippen LogP contribution in [0.15, 0.2) is 41.8 Å². The van der Waals surface area contributed by atoms with Gasteiger partial charge in [-0.1, -0.05) is 12.1 Å². The molecule has 0 saturated carbocycles. The summed E-state index contributed by atoms with van der Waals surface area (Å²) in [5, 5.41) is 7.31. The molecule has 1 aromatic rings. The molecule has 2 fully saturated rings. The molecule has 0 aromatic heterocycles. The van der Waals surface area contributed by atoms with Crippen molar-refractivity contribution in [1.82, 2.24) is 5.32 Å². The van der Waals surface area contributed by atoms with Gasteiger partial charge in [-0.2, -0.15) is 5.10 Å². The van der Waals surface area contributed by atoms with Crippen LogP contribution in [0.2, 0.25) is 0 Å². The Bertz CT molecular complexity index is 595. The summed E-state index contributed by atoms with van der Waals surface area (Å²) in [5.74, 6) is 0.307. The number of nitrogens with zero attached hydrogens (tertiary/aromatic N) is 1. The van der Waals surface area contributed by atoms with Gasteiger partial charge < -0.3 is 14.8 Å². The topological polar surface area (TPSA) is 72.0 Å². The Morgan fingerprint density at radius 3 is 2.82 bits per heavy atom. The minimum Gasteiger partial charge on any atom is -0.477 e. The van der Waals surface area contributed by atoms with Crippen molar-refractivity contribution in [2.24, 2.45) is 5.10 Å². The lowest BCUT2D eigenvalue weighted by Gasteiger charge is -2.13. The summed E-state index contributed by atoms with van der Waals surface area (Å²) in [6, 6.07) is 8.22. The maximum absolute atomic E-state index is 11.5. The largest absolute Gasteiger partial charge is 0.477 e. The number of carbonyl (C=O) groups excluding carboxylic acids is 1. The number of esters is 1. The molecule has 1 aromatic carbocycles. The molecular weight excluding hydrogens is 282 g/mol. The van der Waals surface area contributed by atoms with Gasteiger partial charge in [0.05, 0.1) is 18.3 Å². The Hall–Kier alpha value is -2.50. The first-order valence-corrected chi connectivity index (χ1v) is 7.37. The molecular formula is C16H19N3O3. The molecule has 2 aliphatic rings. The number of benzene rings is 1. The van der Waals surface area contributed by atoms with Gasteiger partial charge in [0.1, 0.15) is 12.3 Å². The van der Waals surface area contributed by atoms with E-state index in [9.17, 15) is 4.79 Å². The quantitative estimate of drug-likeness (QED) is 0.655. The highest BCUT2D eigenvalue weighted by Crippen LogP contribution is 2.15. The molecule has 0 bridgehead atoms. The van der Waals surface area contributed by atoms with E-state index < -0.39 is 0 Å². The second-order valence-electron chi connectivity index (χ2n) is 5.39. The average molecular weight is 301 g/mol. The molecule has 6 heteroatoms. The summed E-state index contributed by atoms with van der Waals surface area (Å²) in [6.45, 7) is 4.87. The third kappa shape index (κ3) is 3.58. The van der Waals surface area contributed by atoms with Crippen LogP contribution >= 0.6 is 0 Å². The Kier molecular flexibility index (Phi) is 4.27. The van der Waals surface area contributed by atoms with E-state index in [0.29, 0.717) is 31.2 Å². The van der Waals surface area contributed by atoms with Gasteiger partial charge in [0.2, 0.25) is 0 Å². The number of hydrazone groups is 1. The minimum absolute atomic E-state index is 0.267. The molecule has 1 atom stereocenters. The fourth-order valence-corrected chi connectivity index (χ4v) is 2.45. The van der Waals surface area contributed by atoms with Crippen molar-refractivity contribution in [3.63, 3.8) is 0 Å². The van der Waals surface area contributed by atoms with Gasteiger partial charge in [-0.3, -0.25) is 5.43 Å². The Morgan fingerprint density at radius 2 is 2.14 bits per heavy atom. The maximum Gasteiger partial charge on any atom is 0.354 e. The van der Waals surface area contributed by atoms with Gasteiger partial charge in [-0.25, -0.2) is 4.79 Å². The third-order valence-electron chi connectivity index (χ3n) is 3.61. The van der Waals surface area contributed by atoms with Crippen LogP contribution in [0.1, 0.15) is 18.4 Å². The molecule has 2 aliphatic heterocycles. The molecule has 2 heterocycles. The van der Waals surface area contributed by atoms with Gasteiger partial charge >= 0.3 is 5.97 Å². The van der Waals surface area contributed by atoms with Crippen molar-refractivity contribution in [3.8, 4) is 0 Å². The first kappa shape index (κ1) is 14.4. The van der Waals surface area contributed by atoms with Crippen LogP contribution in [0.5, 0.6) is 0 Å². The number of anilines is 1. The lowest BCUT2D eigenvalue weighted by Crippen LogP contribution is -2.25. The van der Waals surface area contributed by atoms with Crippen molar-refractivity contribution in [2.75, 3.05) is 18.6 Å². The fraction of sp³-hybridized carbons (Fsp3) is 0.375. The Balaban J connectivity index is 1.56. The third-order valence-corrected chi connectivity index (χ3v) is 3.61. The standard InChI is InChI=1S/C16H19N3O3/c1-11-17-14(10-22-11)9-12-4-6-13(7-5-12)18-19-15-3-2-8-21-16(15)20/h4-7,14,17-18H,1-3,8-10H2/b19-15+/t14-/m0/s1. The second-order valence-corrected chi connectivity index (χ2v) is 5.39. The zero-order valence-corrected chi connectivity index (χ0v) is 12.3. The van der Waals surface area contributed by atoms with Crippen molar-refractivity contribution < 1.29 is 14.3 Å². The van der Waals surface area contributed by atoms with Crippen LogP contribution in [0.25, 0.3) is 0 Å². The van der Waals surface area contributed by atoms with Crippen LogP contribution in [0.3, 0.4) is 0 Å². The number of carbonyl (C=O) groups is 1. The monoisotopic (exact) mass is 301 g/mol. The van der Waals surface area contributed by atoms with Crippen molar-refractivity contribution in [1.29, 1.82) is 0 Å². The average Bonchev–Trinajstić information content (AvgIpc) is 2.93. The summed E-state index contributed by atoms with van der Waals surface area (Å²) < 4.78 is 10.2. The van der Waals surface area contributed by atoms with E-state index >= 15 is 0 Å². The van der Waals surface area contributed by atoms with Crippen LogP contribution in [0, 0.1) is 0 Å². The molecule has 0 amide bonds. The van der Waals surface area contributed by atoms with E-state index in [1.54, 1.807) is 0 Å². The van der Waals surface area contributed by atoms with Gasteiger partial charge in [0.25, 0.3) is 0 Å². The Morgan fingerprint density at radius 1 is 1.32 bits per heavy atom. The highest BCUT2D eigenvalue weighted by molar-refractivity contribution is 6.36. The van der Waals surface area contributed by atoms with Crippen LogP contribution in [0.4, 0.5) is 5.69 Å². The molecule has 2 N–H and O–H groups in total. The number of nitrogens with one attached hydrogen (secondary N) is 2. The van der Waals surface area contributed by atoms with Gasteiger partial charge in [0.15, 0.2) is 5.88 Å². The highest BCUT2D eigenvalue weighted by atomic mass is 16.5. The zero-order valence-electron chi connectivity index (χ0n) is 12.3. The highest BCUT2D eigenvalue weighted by Gasteiger charge is 2.19. The second kappa shape index (κ2) is 6.51. The maximum atomic E-state index is 11.5. The minimum atomic E-state index is -0.331. The molecule has 22 heavy (non-hydrogen) atoms. The van der Waals surface area contributed by atoms with Crippen molar-refractivity contribution in [2.45, 2.75) is 25.3 Å². The normalized spacial score (nSPS) is 22.9. The zero-order chi connectivity index (χ0) is 15.4. The van der Waals surface area contributed by atoms with Gasteiger partial charge in [-0.15, -0.1) is 0 Å². The summed E-state index contributed by atoms with van der Waals surface area (Å²) in [5.41, 5.74) is 5.39. The van der Waals surface area contributed by atoms with E-state index in [1.807, 2.05) is 24.3 Å². The number of hydrogen-bond acceptors (Lipinski definition) is 6. The van der Waals surface area contributed by atoms with E-state index in [-0.39, 0.29) is 12.0 Å². The lowest BCUT2D eigenvalue weighted by molar-refractivity contribution is -0.137. The summed E-state index contributed by atoms with van der Waals surface area (Å²) in [7, 11) is 0. The molecule has 116 valence electrons. The molecule has 0 radical (unpaired) electrons. The first-order chi connectivity index (χ1) is 10.7. The Labute approximate surface area is 129 Å². The molecule has 3 rings (SSSR count). The number of rotatable bonds is 4. The fourth-order valence-electron chi connectivity index (χ4n) is 2.45. The van der Waals surface area contributed by atoms with Gasteiger partial charge in [-0.05, 0) is 37.1 Å². The van der Waals surface area contributed by atoms with Crippen molar-refractivity contribution >= 4 is 17.4 Å². The number of cyclic esters (lactones) is 1. The molecule has 0 spiro atoms. The first-order valence-electron chi connectivity index (χ1n) is 7.37. The van der Waals surface area contributed by atoms with E-state index in [4.69, 9.17) is 9.47 Å². The lowest BCUT2D eigenvalue weighted by atomic mass is 10.1. The smallest absolute Gasteiger partial charge is 0.354 e. The van der Waals surface area contributed by atoms with E-state index in [0.717, 1.165) is 18.5 Å². The molecule has 0 unspecified atom stereocenters. The van der Waals surface area contributed by atoms with Crippen LogP contribution in [-0.2, 0) is 20.7 Å². The predicted octanol–water partition coefficient (Wildman–Crippen LogP) is 1.79. The van der Waals surface area contributed by atoms with E-state index in [1.165, 1.54) is 5.56 Å². The summed E-state index contributed by atoms with van der Waals surface area (Å²) >= 11 is 0. The van der Waals surface area contributed by atoms with Crippen LogP contribution < -0.4 is 10.7 Å². The van der Waals surface area contributed by atoms with Crippen molar-refractivity contribution in [3.05, 3.63) is 42.3 Å².